The number of esters is 1. The predicted octanol–water partition coefficient (Wildman–Crippen LogP) is 1.89. The maximum Gasteiger partial charge on any atom is 0.319 e. The zero-order chi connectivity index (χ0) is 14.1. The molecule has 0 radical (unpaired) electrons. The molecule has 1 unspecified atom stereocenters. The van der Waals surface area contributed by atoms with Gasteiger partial charge in [-0.3, -0.25) is 14.6 Å². The molecule has 2 rings (SSSR count). The van der Waals surface area contributed by atoms with Crippen LogP contribution in [-0.2, 0) is 9.53 Å². The number of carbonyl (C=O) groups is 1. The number of likely N-dealkylation sites (tertiary alicyclic amines) is 2. The zero-order valence-corrected chi connectivity index (χ0v) is 12.9. The van der Waals surface area contributed by atoms with Gasteiger partial charge in [0.2, 0.25) is 0 Å². The summed E-state index contributed by atoms with van der Waals surface area (Å²) in [6.07, 6.45) is 5.07. The number of piperidine rings is 1. The van der Waals surface area contributed by atoms with Crippen LogP contribution in [0.4, 0.5) is 0 Å². The minimum absolute atomic E-state index is 0.116. The first-order chi connectivity index (χ1) is 8.87. The van der Waals surface area contributed by atoms with Gasteiger partial charge in [-0.05, 0) is 46.6 Å². The Hall–Kier alpha value is -0.610. The molecule has 0 aromatic carbocycles. The maximum atomic E-state index is 11.4. The third kappa shape index (κ3) is 3.11. The lowest BCUT2D eigenvalue weighted by Crippen LogP contribution is -2.60. The summed E-state index contributed by atoms with van der Waals surface area (Å²) < 4.78 is 4.79. The number of rotatable bonds is 2. The van der Waals surface area contributed by atoms with Gasteiger partial charge in [0.05, 0.1) is 13.7 Å². The SMILES string of the molecule is COC(=O)CN1CCC2(CCCCN2C(C)(C)C)C1. The van der Waals surface area contributed by atoms with E-state index in [2.05, 4.69) is 30.6 Å². The van der Waals surface area contributed by atoms with Crippen molar-refractivity contribution in [3.8, 4) is 0 Å². The summed E-state index contributed by atoms with van der Waals surface area (Å²) in [5, 5.41) is 0. The highest BCUT2D eigenvalue weighted by Gasteiger charge is 2.47. The van der Waals surface area contributed by atoms with E-state index in [9.17, 15) is 4.79 Å². The molecule has 4 nitrogen and oxygen atoms in total. The molecular weight excluding hydrogens is 240 g/mol. The van der Waals surface area contributed by atoms with Crippen molar-refractivity contribution in [3.63, 3.8) is 0 Å². The highest BCUT2D eigenvalue weighted by atomic mass is 16.5. The lowest BCUT2D eigenvalue weighted by Gasteiger charge is -2.52. The Bertz CT molecular complexity index is 338. The van der Waals surface area contributed by atoms with E-state index in [1.54, 1.807) is 0 Å². The summed E-state index contributed by atoms with van der Waals surface area (Å²) in [6.45, 7) is 10.6. The van der Waals surface area contributed by atoms with E-state index in [0.717, 1.165) is 13.1 Å². The Morgan fingerprint density at radius 3 is 2.58 bits per heavy atom. The topological polar surface area (TPSA) is 32.8 Å². The number of ether oxygens (including phenoxy) is 1. The van der Waals surface area contributed by atoms with E-state index < -0.39 is 0 Å². The van der Waals surface area contributed by atoms with Gasteiger partial charge in [0.25, 0.3) is 0 Å². The fourth-order valence-corrected chi connectivity index (χ4v) is 3.89. The average molecular weight is 268 g/mol. The summed E-state index contributed by atoms with van der Waals surface area (Å²) in [5.41, 5.74) is 0.492. The molecule has 2 fully saturated rings. The van der Waals surface area contributed by atoms with Gasteiger partial charge in [-0.15, -0.1) is 0 Å². The first kappa shape index (κ1) is 14.8. The molecule has 4 heteroatoms. The minimum Gasteiger partial charge on any atom is -0.468 e. The van der Waals surface area contributed by atoms with E-state index >= 15 is 0 Å². The van der Waals surface area contributed by atoms with Crippen LogP contribution in [0.25, 0.3) is 0 Å². The number of hydrogen-bond donors (Lipinski definition) is 0. The van der Waals surface area contributed by atoms with E-state index in [1.807, 2.05) is 0 Å². The van der Waals surface area contributed by atoms with Gasteiger partial charge in [-0.2, -0.15) is 0 Å². The number of methoxy groups -OCH3 is 1. The molecule has 0 bridgehead atoms. The minimum atomic E-state index is -0.116. The lowest BCUT2D eigenvalue weighted by atomic mass is 9.82. The van der Waals surface area contributed by atoms with Crippen molar-refractivity contribution >= 4 is 5.97 Å². The Morgan fingerprint density at radius 2 is 1.95 bits per heavy atom. The molecule has 0 N–H and O–H groups in total. The van der Waals surface area contributed by atoms with Crippen LogP contribution < -0.4 is 0 Å². The average Bonchev–Trinajstić information content (AvgIpc) is 2.71. The number of nitrogens with zero attached hydrogens (tertiary/aromatic N) is 2. The third-order valence-electron chi connectivity index (χ3n) is 4.65. The van der Waals surface area contributed by atoms with Crippen molar-refractivity contribution < 1.29 is 9.53 Å². The first-order valence-corrected chi connectivity index (χ1v) is 7.44. The molecule has 0 aromatic heterocycles. The summed E-state index contributed by atoms with van der Waals surface area (Å²) >= 11 is 0. The fourth-order valence-electron chi connectivity index (χ4n) is 3.89. The number of hydrogen-bond acceptors (Lipinski definition) is 4. The molecular formula is C15H28N2O2. The van der Waals surface area contributed by atoms with E-state index in [1.165, 1.54) is 39.3 Å². The summed E-state index contributed by atoms with van der Waals surface area (Å²) in [7, 11) is 1.47. The second-order valence-corrected chi connectivity index (χ2v) is 7.04. The van der Waals surface area contributed by atoms with E-state index in [4.69, 9.17) is 4.74 Å². The Balaban J connectivity index is 2.07. The molecule has 2 aliphatic heterocycles. The molecule has 0 amide bonds. The summed E-state index contributed by atoms with van der Waals surface area (Å²) in [6, 6.07) is 0. The first-order valence-electron chi connectivity index (χ1n) is 7.44. The standard InChI is InChI=1S/C15H28N2O2/c1-14(2,3)17-9-6-5-7-15(17)8-10-16(12-15)11-13(18)19-4/h5-12H2,1-4H3. The van der Waals surface area contributed by atoms with E-state index in [0.29, 0.717) is 6.54 Å². The lowest BCUT2D eigenvalue weighted by molar-refractivity contribution is -0.141. The van der Waals surface area contributed by atoms with Crippen LogP contribution in [0.15, 0.2) is 0 Å². The van der Waals surface area contributed by atoms with Gasteiger partial charge in [0, 0.05) is 24.2 Å². The second kappa shape index (κ2) is 5.41. The quantitative estimate of drug-likeness (QED) is 0.716. The molecule has 19 heavy (non-hydrogen) atoms. The van der Waals surface area contributed by atoms with Gasteiger partial charge >= 0.3 is 5.97 Å². The molecule has 110 valence electrons. The highest BCUT2D eigenvalue weighted by molar-refractivity contribution is 5.71. The molecule has 2 saturated heterocycles. The Morgan fingerprint density at radius 1 is 1.21 bits per heavy atom. The van der Waals surface area contributed by atoms with Gasteiger partial charge < -0.3 is 4.74 Å². The van der Waals surface area contributed by atoms with Crippen LogP contribution in [0.1, 0.15) is 46.5 Å². The van der Waals surface area contributed by atoms with Crippen molar-refractivity contribution in [2.24, 2.45) is 0 Å². The Kier molecular flexibility index (Phi) is 4.21. The smallest absolute Gasteiger partial charge is 0.319 e. The summed E-state index contributed by atoms with van der Waals surface area (Å²) in [4.78, 5) is 16.4. The van der Waals surface area contributed by atoms with Crippen molar-refractivity contribution in [2.75, 3.05) is 33.3 Å². The maximum absolute atomic E-state index is 11.4. The van der Waals surface area contributed by atoms with Crippen molar-refractivity contribution in [1.82, 2.24) is 9.80 Å². The van der Waals surface area contributed by atoms with E-state index in [-0.39, 0.29) is 17.0 Å². The molecule has 2 heterocycles. The van der Waals surface area contributed by atoms with Crippen molar-refractivity contribution in [1.29, 1.82) is 0 Å². The second-order valence-electron chi connectivity index (χ2n) is 7.04. The highest BCUT2D eigenvalue weighted by Crippen LogP contribution is 2.40. The summed E-state index contributed by atoms with van der Waals surface area (Å²) in [5.74, 6) is -0.116. The van der Waals surface area contributed by atoms with Crippen LogP contribution in [0.2, 0.25) is 0 Å². The van der Waals surface area contributed by atoms with Gasteiger partial charge in [-0.1, -0.05) is 6.42 Å². The Labute approximate surface area is 117 Å². The third-order valence-corrected chi connectivity index (χ3v) is 4.65. The monoisotopic (exact) mass is 268 g/mol. The van der Waals surface area contributed by atoms with Gasteiger partial charge in [-0.25, -0.2) is 0 Å². The van der Waals surface area contributed by atoms with Crippen LogP contribution >= 0.6 is 0 Å². The molecule has 0 aliphatic carbocycles. The molecule has 1 spiro atoms. The van der Waals surface area contributed by atoms with Crippen molar-refractivity contribution in [3.05, 3.63) is 0 Å². The predicted molar refractivity (Wildman–Crippen MR) is 76.1 cm³/mol. The van der Waals surface area contributed by atoms with Crippen molar-refractivity contribution in [2.45, 2.75) is 57.5 Å². The number of carbonyl (C=O) groups excluding carboxylic acids is 1. The van der Waals surface area contributed by atoms with Crippen LogP contribution in [0.3, 0.4) is 0 Å². The van der Waals surface area contributed by atoms with Gasteiger partial charge in [0.15, 0.2) is 0 Å². The molecule has 0 saturated carbocycles. The molecule has 1 atom stereocenters. The largest absolute Gasteiger partial charge is 0.468 e. The zero-order valence-electron chi connectivity index (χ0n) is 12.9. The van der Waals surface area contributed by atoms with Crippen LogP contribution in [0, 0.1) is 0 Å². The van der Waals surface area contributed by atoms with Crippen LogP contribution in [-0.4, -0.2) is 60.1 Å². The normalized spacial score (nSPS) is 29.9. The molecule has 2 aliphatic rings. The van der Waals surface area contributed by atoms with Gasteiger partial charge in [0.1, 0.15) is 0 Å². The molecule has 0 aromatic rings. The fraction of sp³-hybridized carbons (Fsp3) is 0.933. The van der Waals surface area contributed by atoms with Crippen LogP contribution in [0.5, 0.6) is 0 Å².